The second kappa shape index (κ2) is 9.64. The molecule has 0 heterocycles. The van der Waals surface area contributed by atoms with E-state index in [9.17, 15) is 4.79 Å². The number of hydrogen-bond acceptors (Lipinski definition) is 5. The summed E-state index contributed by atoms with van der Waals surface area (Å²) in [7, 11) is 1.54. The van der Waals surface area contributed by atoms with Crippen molar-refractivity contribution in [2.45, 2.75) is 13.2 Å². The first kappa shape index (κ1) is 14.1. The molecule has 88 valence electrons. The van der Waals surface area contributed by atoms with Gasteiger partial charge in [-0.3, -0.25) is 0 Å². The maximum Gasteiger partial charge on any atom is 0.330 e. The van der Waals surface area contributed by atoms with Crippen molar-refractivity contribution < 1.29 is 23.7 Å². The quantitative estimate of drug-likeness (QED) is 0.247. The summed E-state index contributed by atoms with van der Waals surface area (Å²) in [5, 5.41) is 0. The molecule has 0 aliphatic rings. The van der Waals surface area contributed by atoms with Crippen LogP contribution in [0.4, 0.5) is 0 Å². The second-order valence-electron chi connectivity index (χ2n) is 2.57. The van der Waals surface area contributed by atoms with Gasteiger partial charge in [0.1, 0.15) is 6.61 Å². The van der Waals surface area contributed by atoms with Gasteiger partial charge in [-0.05, 0) is 6.92 Å². The molecule has 0 saturated carbocycles. The zero-order valence-corrected chi connectivity index (χ0v) is 9.23. The molecule has 0 rings (SSSR count). The van der Waals surface area contributed by atoms with E-state index in [1.165, 1.54) is 0 Å². The molecule has 0 N–H and O–H groups in total. The number of hydrogen-bond donors (Lipinski definition) is 0. The van der Waals surface area contributed by atoms with E-state index in [1.54, 1.807) is 7.11 Å². The average Bonchev–Trinajstić information content (AvgIpc) is 2.26. The Bertz CT molecular complexity index is 181. The Hall–Kier alpha value is -0.910. The minimum absolute atomic E-state index is 0.202. The molecule has 1 unspecified atom stereocenters. The van der Waals surface area contributed by atoms with Crippen LogP contribution in [0.5, 0.6) is 0 Å². The highest BCUT2D eigenvalue weighted by Crippen LogP contribution is 1.94. The van der Waals surface area contributed by atoms with E-state index in [0.717, 1.165) is 6.08 Å². The molecule has 0 spiro atoms. The Morgan fingerprint density at radius 3 is 2.73 bits per heavy atom. The smallest absolute Gasteiger partial charge is 0.330 e. The molecular weight excluding hydrogens is 200 g/mol. The Morgan fingerprint density at radius 2 is 2.20 bits per heavy atom. The number of methoxy groups -OCH3 is 1. The van der Waals surface area contributed by atoms with Gasteiger partial charge in [0.25, 0.3) is 0 Å². The van der Waals surface area contributed by atoms with Crippen molar-refractivity contribution in [3.63, 3.8) is 0 Å². The van der Waals surface area contributed by atoms with Crippen LogP contribution in [0.25, 0.3) is 0 Å². The van der Waals surface area contributed by atoms with Gasteiger partial charge in [0.2, 0.25) is 0 Å². The van der Waals surface area contributed by atoms with Gasteiger partial charge in [-0.2, -0.15) is 0 Å². The summed E-state index contributed by atoms with van der Waals surface area (Å²) >= 11 is 0. The number of carbonyl (C=O) groups excluding carboxylic acids is 1. The predicted molar refractivity (Wildman–Crippen MR) is 54.4 cm³/mol. The minimum Gasteiger partial charge on any atom is -0.460 e. The van der Waals surface area contributed by atoms with E-state index in [2.05, 4.69) is 6.58 Å². The summed E-state index contributed by atoms with van der Waals surface area (Å²) in [6.45, 7) is 6.53. The van der Waals surface area contributed by atoms with Crippen LogP contribution in [0.2, 0.25) is 0 Å². The molecule has 0 radical (unpaired) electrons. The third-order valence-corrected chi connectivity index (χ3v) is 1.51. The fourth-order valence-corrected chi connectivity index (χ4v) is 0.810. The highest BCUT2D eigenvalue weighted by atomic mass is 16.7. The maximum absolute atomic E-state index is 10.6. The molecule has 0 amide bonds. The van der Waals surface area contributed by atoms with Crippen LogP contribution in [0, 0.1) is 0 Å². The molecule has 0 aliphatic heterocycles. The van der Waals surface area contributed by atoms with Gasteiger partial charge in [-0.1, -0.05) is 6.58 Å². The molecule has 0 saturated heterocycles. The first-order chi connectivity index (χ1) is 7.24. The largest absolute Gasteiger partial charge is 0.460 e. The van der Waals surface area contributed by atoms with Crippen molar-refractivity contribution in [2.24, 2.45) is 0 Å². The van der Waals surface area contributed by atoms with E-state index < -0.39 is 5.97 Å². The summed E-state index contributed by atoms with van der Waals surface area (Å²) in [5.74, 6) is -0.452. The molecule has 5 nitrogen and oxygen atoms in total. The Labute approximate surface area is 89.9 Å². The number of ether oxygens (including phenoxy) is 4. The Kier molecular flexibility index (Phi) is 9.05. The zero-order chi connectivity index (χ0) is 11.5. The van der Waals surface area contributed by atoms with Gasteiger partial charge in [-0.15, -0.1) is 0 Å². The first-order valence-corrected chi connectivity index (χ1v) is 4.75. The van der Waals surface area contributed by atoms with Crippen molar-refractivity contribution in [3.05, 3.63) is 12.7 Å². The summed E-state index contributed by atoms with van der Waals surface area (Å²) in [5.41, 5.74) is 0. The van der Waals surface area contributed by atoms with E-state index in [1.807, 2.05) is 6.92 Å². The van der Waals surface area contributed by atoms with Crippen molar-refractivity contribution in [1.82, 2.24) is 0 Å². The fraction of sp³-hybridized carbons (Fsp3) is 0.700. The highest BCUT2D eigenvalue weighted by molar-refractivity contribution is 5.81. The van der Waals surface area contributed by atoms with Crippen LogP contribution >= 0.6 is 0 Å². The topological polar surface area (TPSA) is 54.0 Å². The fourth-order valence-electron chi connectivity index (χ4n) is 0.810. The lowest BCUT2D eigenvalue weighted by molar-refractivity contribution is -0.159. The molecular formula is C10H18O5. The van der Waals surface area contributed by atoms with Crippen molar-refractivity contribution in [3.8, 4) is 0 Å². The van der Waals surface area contributed by atoms with Gasteiger partial charge < -0.3 is 18.9 Å². The first-order valence-electron chi connectivity index (χ1n) is 4.75. The van der Waals surface area contributed by atoms with Gasteiger partial charge >= 0.3 is 5.97 Å². The van der Waals surface area contributed by atoms with E-state index in [0.29, 0.717) is 19.8 Å². The third-order valence-electron chi connectivity index (χ3n) is 1.51. The van der Waals surface area contributed by atoms with Gasteiger partial charge in [0, 0.05) is 19.8 Å². The van der Waals surface area contributed by atoms with Crippen molar-refractivity contribution in [2.75, 3.05) is 33.5 Å². The molecule has 0 aliphatic carbocycles. The van der Waals surface area contributed by atoms with E-state index in [-0.39, 0.29) is 12.9 Å². The minimum atomic E-state index is -0.452. The zero-order valence-electron chi connectivity index (χ0n) is 9.23. The summed E-state index contributed by atoms with van der Waals surface area (Å²) < 4.78 is 20.0. The van der Waals surface area contributed by atoms with Crippen LogP contribution in [-0.2, 0) is 23.7 Å². The third kappa shape index (κ3) is 8.11. The molecule has 1 atom stereocenters. The van der Waals surface area contributed by atoms with E-state index >= 15 is 0 Å². The molecule has 0 aromatic heterocycles. The molecule has 0 aromatic carbocycles. The Morgan fingerprint density at radius 1 is 1.47 bits per heavy atom. The lowest BCUT2D eigenvalue weighted by Gasteiger charge is -2.14. The van der Waals surface area contributed by atoms with Gasteiger partial charge in [0.05, 0.1) is 13.2 Å². The summed E-state index contributed by atoms with van der Waals surface area (Å²) in [6.07, 6.45) is 0.739. The maximum atomic E-state index is 10.6. The molecule has 5 heteroatoms. The van der Waals surface area contributed by atoms with Crippen LogP contribution in [-0.4, -0.2) is 45.8 Å². The predicted octanol–water partition coefficient (Wildman–Crippen LogP) is 0.741. The summed E-state index contributed by atoms with van der Waals surface area (Å²) in [6, 6.07) is 0. The molecule has 15 heavy (non-hydrogen) atoms. The van der Waals surface area contributed by atoms with Crippen LogP contribution in [0.15, 0.2) is 12.7 Å². The lowest BCUT2D eigenvalue weighted by atomic mass is 10.6. The van der Waals surface area contributed by atoms with Crippen molar-refractivity contribution >= 4 is 5.97 Å². The SMILES string of the molecule is C=CC(=O)OCCOCC(OC)OCC. The van der Waals surface area contributed by atoms with Gasteiger partial charge in [-0.25, -0.2) is 4.79 Å². The number of esters is 1. The lowest BCUT2D eigenvalue weighted by Crippen LogP contribution is -2.23. The number of rotatable bonds is 9. The Balaban J connectivity index is 3.35. The standard InChI is InChI=1S/C10H18O5/c1-4-9(11)15-7-6-13-8-10(12-3)14-5-2/h4,10H,1,5-8H2,2-3H3. The highest BCUT2D eigenvalue weighted by Gasteiger charge is 2.05. The summed E-state index contributed by atoms with van der Waals surface area (Å²) in [4.78, 5) is 10.6. The monoisotopic (exact) mass is 218 g/mol. The van der Waals surface area contributed by atoms with Crippen molar-refractivity contribution in [1.29, 1.82) is 0 Å². The average molecular weight is 218 g/mol. The van der Waals surface area contributed by atoms with Crippen LogP contribution < -0.4 is 0 Å². The normalized spacial score (nSPS) is 12.1. The number of carbonyl (C=O) groups is 1. The van der Waals surface area contributed by atoms with Crippen LogP contribution in [0.3, 0.4) is 0 Å². The van der Waals surface area contributed by atoms with Gasteiger partial charge in [0.15, 0.2) is 6.29 Å². The molecule has 0 bridgehead atoms. The van der Waals surface area contributed by atoms with E-state index in [4.69, 9.17) is 18.9 Å². The molecule has 0 aromatic rings. The molecule has 0 fully saturated rings. The second-order valence-corrected chi connectivity index (χ2v) is 2.57. The van der Waals surface area contributed by atoms with Crippen LogP contribution in [0.1, 0.15) is 6.92 Å².